The van der Waals surface area contributed by atoms with Crippen molar-refractivity contribution >= 4 is 23.3 Å². The molecule has 3 rings (SSSR count). The van der Waals surface area contributed by atoms with Gasteiger partial charge in [-0.05, 0) is 84.9 Å². The van der Waals surface area contributed by atoms with E-state index in [0.29, 0.717) is 24.4 Å². The minimum absolute atomic E-state index is 0.552. The molecule has 0 fully saturated rings. The van der Waals surface area contributed by atoms with Crippen LogP contribution in [0.4, 0.5) is 0 Å². The fourth-order valence-corrected chi connectivity index (χ4v) is 4.51. The first kappa shape index (κ1) is 32.2. The second-order valence-electron chi connectivity index (χ2n) is 9.81. The monoisotopic (exact) mass is 562 g/mol. The maximum atomic E-state index is 9.83. The summed E-state index contributed by atoms with van der Waals surface area (Å²) in [5.41, 5.74) is 4.54. The molecular weight excluding hydrogens is 520 g/mol. The number of hydrogen-bond acceptors (Lipinski definition) is 6. The average Bonchev–Trinajstić information content (AvgIpc) is 3.04. The van der Waals surface area contributed by atoms with E-state index in [4.69, 9.17) is 9.47 Å². The SMILES string of the molecule is CCN(CC)CCOc1ccc(C=C(C#N)c2ccc(C(C#N)=Cc3ccc(OCCN(CC)CC)cc3)cc2)cc1. The van der Waals surface area contributed by atoms with E-state index in [1.54, 1.807) is 0 Å². The molecule has 0 aliphatic rings. The van der Waals surface area contributed by atoms with Crippen molar-refractivity contribution in [2.24, 2.45) is 0 Å². The van der Waals surface area contributed by atoms with Gasteiger partial charge in [-0.3, -0.25) is 0 Å². The second kappa shape index (κ2) is 17.5. The van der Waals surface area contributed by atoms with Gasteiger partial charge in [0.05, 0.1) is 23.3 Å². The van der Waals surface area contributed by atoms with Crippen LogP contribution in [0.15, 0.2) is 72.8 Å². The first-order valence-corrected chi connectivity index (χ1v) is 14.8. The number of allylic oxidation sites excluding steroid dienone is 2. The topological polar surface area (TPSA) is 72.5 Å². The highest BCUT2D eigenvalue weighted by Gasteiger charge is 2.07. The lowest BCUT2D eigenvalue weighted by molar-refractivity contribution is 0.223. The number of rotatable bonds is 16. The molecule has 6 nitrogen and oxygen atoms in total. The van der Waals surface area contributed by atoms with Crippen molar-refractivity contribution in [1.29, 1.82) is 10.5 Å². The van der Waals surface area contributed by atoms with Gasteiger partial charge in [0, 0.05) is 13.1 Å². The molecule has 42 heavy (non-hydrogen) atoms. The maximum Gasteiger partial charge on any atom is 0.119 e. The van der Waals surface area contributed by atoms with Gasteiger partial charge in [0.2, 0.25) is 0 Å². The first-order valence-electron chi connectivity index (χ1n) is 14.8. The van der Waals surface area contributed by atoms with Crippen molar-refractivity contribution in [1.82, 2.24) is 9.80 Å². The molecule has 0 saturated carbocycles. The molecule has 0 aromatic heterocycles. The van der Waals surface area contributed by atoms with Crippen LogP contribution in [0.3, 0.4) is 0 Å². The lowest BCUT2D eigenvalue weighted by atomic mass is 9.99. The number of ether oxygens (including phenoxy) is 2. The van der Waals surface area contributed by atoms with Gasteiger partial charge in [0.15, 0.2) is 0 Å². The highest BCUT2D eigenvalue weighted by atomic mass is 16.5. The molecule has 0 amide bonds. The third-order valence-corrected chi connectivity index (χ3v) is 7.27. The Labute approximate surface area is 251 Å². The zero-order valence-electron chi connectivity index (χ0n) is 25.3. The van der Waals surface area contributed by atoms with Crippen molar-refractivity contribution < 1.29 is 9.47 Å². The molecule has 6 heteroatoms. The van der Waals surface area contributed by atoms with Crippen molar-refractivity contribution in [3.8, 4) is 23.6 Å². The van der Waals surface area contributed by atoms with Gasteiger partial charge in [0.1, 0.15) is 24.7 Å². The Morgan fingerprint density at radius 2 is 0.905 bits per heavy atom. The summed E-state index contributed by atoms with van der Waals surface area (Å²) in [4.78, 5) is 4.64. The lowest BCUT2D eigenvalue weighted by Crippen LogP contribution is -2.27. The summed E-state index contributed by atoms with van der Waals surface area (Å²) >= 11 is 0. The van der Waals surface area contributed by atoms with Gasteiger partial charge in [-0.15, -0.1) is 0 Å². The molecule has 0 bridgehead atoms. The van der Waals surface area contributed by atoms with Crippen LogP contribution in [-0.4, -0.2) is 62.3 Å². The number of nitrogens with zero attached hydrogens (tertiary/aromatic N) is 4. The Balaban J connectivity index is 1.63. The molecule has 0 aliphatic heterocycles. The van der Waals surface area contributed by atoms with E-state index in [1.807, 2.05) is 84.9 Å². The molecule has 0 spiro atoms. The average molecular weight is 563 g/mol. The quantitative estimate of drug-likeness (QED) is 0.135. The Morgan fingerprint density at radius 1 is 0.571 bits per heavy atom. The molecule has 218 valence electrons. The summed E-state index contributed by atoms with van der Waals surface area (Å²) in [5.74, 6) is 1.63. The fourth-order valence-electron chi connectivity index (χ4n) is 4.51. The predicted molar refractivity (Wildman–Crippen MR) is 173 cm³/mol. The van der Waals surface area contributed by atoms with E-state index < -0.39 is 0 Å². The van der Waals surface area contributed by atoms with Crippen molar-refractivity contribution in [2.45, 2.75) is 27.7 Å². The molecule has 0 N–H and O–H groups in total. The molecular formula is C36H42N4O2. The van der Waals surface area contributed by atoms with Crippen LogP contribution in [0.1, 0.15) is 49.9 Å². The molecule has 0 aliphatic carbocycles. The van der Waals surface area contributed by atoms with E-state index >= 15 is 0 Å². The standard InChI is InChI=1S/C36H42N4O2/c1-5-39(6-2)21-23-41-35-17-9-29(10-18-35)25-33(27-37)31-13-15-32(16-14-31)34(28-38)26-30-11-19-36(20-12-30)42-24-22-40(7-3)8-4/h9-20,25-26H,5-8,21-24H2,1-4H3. The number of nitriles is 2. The van der Waals surface area contributed by atoms with Gasteiger partial charge in [-0.2, -0.15) is 10.5 Å². The van der Waals surface area contributed by atoms with Gasteiger partial charge >= 0.3 is 0 Å². The largest absolute Gasteiger partial charge is 0.492 e. The highest BCUT2D eigenvalue weighted by molar-refractivity contribution is 5.92. The minimum atomic E-state index is 0.552. The van der Waals surface area contributed by atoms with Gasteiger partial charge < -0.3 is 19.3 Å². The molecule has 0 saturated heterocycles. The molecule has 0 unspecified atom stereocenters. The normalized spacial score (nSPS) is 11.8. The van der Waals surface area contributed by atoms with Crippen LogP contribution in [0.2, 0.25) is 0 Å². The van der Waals surface area contributed by atoms with Crippen molar-refractivity contribution in [3.63, 3.8) is 0 Å². The zero-order valence-corrected chi connectivity index (χ0v) is 25.3. The summed E-state index contributed by atoms with van der Waals surface area (Å²) in [5, 5.41) is 19.7. The predicted octanol–water partition coefficient (Wildman–Crippen LogP) is 7.26. The van der Waals surface area contributed by atoms with Crippen molar-refractivity contribution in [3.05, 3.63) is 95.1 Å². The number of benzene rings is 3. The molecule has 0 atom stereocenters. The van der Waals surface area contributed by atoms with Crippen LogP contribution in [0.5, 0.6) is 11.5 Å². The Bertz CT molecular complexity index is 1260. The fraction of sp³-hybridized carbons (Fsp3) is 0.333. The molecule has 3 aromatic rings. The van der Waals surface area contributed by atoms with Crippen LogP contribution < -0.4 is 9.47 Å². The van der Waals surface area contributed by atoms with Gasteiger partial charge in [-0.25, -0.2) is 0 Å². The maximum absolute atomic E-state index is 9.83. The Kier molecular flexibility index (Phi) is 13.4. The highest BCUT2D eigenvalue weighted by Crippen LogP contribution is 2.24. The summed E-state index contributed by atoms with van der Waals surface area (Å²) in [6, 6.07) is 27.7. The number of hydrogen-bond donors (Lipinski definition) is 0. The summed E-state index contributed by atoms with van der Waals surface area (Å²) < 4.78 is 11.7. The van der Waals surface area contributed by atoms with E-state index in [1.165, 1.54) is 0 Å². The van der Waals surface area contributed by atoms with Crippen LogP contribution in [0.25, 0.3) is 23.3 Å². The van der Waals surface area contributed by atoms with Crippen LogP contribution in [0, 0.1) is 22.7 Å². The third-order valence-electron chi connectivity index (χ3n) is 7.27. The van der Waals surface area contributed by atoms with Gasteiger partial charge in [-0.1, -0.05) is 76.2 Å². The Hall–Kier alpha value is -4.36. The number of likely N-dealkylation sites (N-methyl/N-ethyl adjacent to an activating group) is 2. The lowest BCUT2D eigenvalue weighted by Gasteiger charge is -2.18. The van der Waals surface area contributed by atoms with E-state index in [9.17, 15) is 10.5 Å². The van der Waals surface area contributed by atoms with Crippen LogP contribution >= 0.6 is 0 Å². The van der Waals surface area contributed by atoms with E-state index in [-0.39, 0.29) is 0 Å². The van der Waals surface area contributed by atoms with E-state index in [0.717, 1.165) is 73.0 Å². The molecule has 3 aromatic carbocycles. The summed E-state index contributed by atoms with van der Waals surface area (Å²) in [7, 11) is 0. The molecule has 0 radical (unpaired) electrons. The third kappa shape index (κ3) is 9.93. The van der Waals surface area contributed by atoms with E-state index in [2.05, 4.69) is 49.6 Å². The Morgan fingerprint density at radius 3 is 1.19 bits per heavy atom. The van der Waals surface area contributed by atoms with Gasteiger partial charge in [0.25, 0.3) is 0 Å². The van der Waals surface area contributed by atoms with Crippen LogP contribution in [-0.2, 0) is 0 Å². The zero-order chi connectivity index (χ0) is 30.2. The van der Waals surface area contributed by atoms with Crippen molar-refractivity contribution in [2.75, 3.05) is 52.5 Å². The summed E-state index contributed by atoms with van der Waals surface area (Å²) in [6.45, 7) is 15.7. The first-order chi connectivity index (χ1) is 20.5. The summed E-state index contributed by atoms with van der Waals surface area (Å²) in [6.07, 6.45) is 3.72. The smallest absolute Gasteiger partial charge is 0.119 e. The minimum Gasteiger partial charge on any atom is -0.492 e. The molecule has 0 heterocycles. The second-order valence-corrected chi connectivity index (χ2v) is 9.81.